The second-order valence-electron chi connectivity index (χ2n) is 7.43. The number of aromatic nitrogens is 3. The van der Waals surface area contributed by atoms with Gasteiger partial charge in [-0.15, -0.1) is 10.2 Å². The molecule has 0 aliphatic heterocycles. The zero-order chi connectivity index (χ0) is 20.2. The van der Waals surface area contributed by atoms with Crippen molar-refractivity contribution in [2.24, 2.45) is 5.92 Å². The van der Waals surface area contributed by atoms with Crippen LogP contribution in [0.4, 0.5) is 10.2 Å². The van der Waals surface area contributed by atoms with Gasteiger partial charge in [0.1, 0.15) is 6.67 Å². The first-order valence-electron chi connectivity index (χ1n) is 9.93. The van der Waals surface area contributed by atoms with Crippen LogP contribution in [0.2, 0.25) is 0 Å². The number of benzene rings is 1. The minimum Gasteiger partial charge on any atom is -0.441 e. The molecule has 1 amide bonds. The Labute approximate surface area is 168 Å². The zero-order valence-electron chi connectivity index (χ0n) is 16.3. The van der Waals surface area contributed by atoms with Gasteiger partial charge >= 0.3 is 0 Å². The number of anilines is 1. The van der Waals surface area contributed by atoms with Crippen LogP contribution in [0.25, 0.3) is 22.2 Å². The van der Waals surface area contributed by atoms with Crippen LogP contribution in [0.5, 0.6) is 0 Å². The van der Waals surface area contributed by atoms with E-state index in [1.54, 1.807) is 13.1 Å². The molecule has 8 heteroatoms. The Balaban J connectivity index is 1.43. The van der Waals surface area contributed by atoms with E-state index in [2.05, 4.69) is 25.8 Å². The summed E-state index contributed by atoms with van der Waals surface area (Å²) >= 11 is 0. The van der Waals surface area contributed by atoms with Crippen molar-refractivity contribution in [2.75, 3.05) is 18.5 Å². The van der Waals surface area contributed by atoms with E-state index in [0.717, 1.165) is 42.1 Å². The van der Waals surface area contributed by atoms with Gasteiger partial charge in [-0.3, -0.25) is 4.79 Å². The molecule has 0 atom stereocenters. The van der Waals surface area contributed by atoms with E-state index >= 15 is 0 Å². The Hall–Kier alpha value is -2.87. The summed E-state index contributed by atoms with van der Waals surface area (Å²) in [5.74, 6) is 1.63. The summed E-state index contributed by atoms with van der Waals surface area (Å²) in [5, 5.41) is 15.3. The number of carbonyl (C=O) groups excluding carboxylic acids is 1. The fraction of sp³-hybridized carbons (Fsp3) is 0.429. The van der Waals surface area contributed by atoms with Crippen LogP contribution < -0.4 is 10.6 Å². The molecule has 0 unspecified atom stereocenters. The third kappa shape index (κ3) is 4.59. The fourth-order valence-corrected chi connectivity index (χ4v) is 3.80. The summed E-state index contributed by atoms with van der Waals surface area (Å²) in [4.78, 5) is 16.8. The Morgan fingerprint density at radius 2 is 2.03 bits per heavy atom. The van der Waals surface area contributed by atoms with Gasteiger partial charge in [-0.05, 0) is 49.9 Å². The number of hydrogen-bond acceptors (Lipinski definition) is 6. The van der Waals surface area contributed by atoms with Crippen LogP contribution in [0.15, 0.2) is 34.9 Å². The minimum atomic E-state index is -0.362. The lowest BCUT2D eigenvalue weighted by molar-refractivity contribution is -0.120. The van der Waals surface area contributed by atoms with Gasteiger partial charge in [0, 0.05) is 36.4 Å². The maximum absolute atomic E-state index is 12.6. The van der Waals surface area contributed by atoms with Gasteiger partial charge in [0.15, 0.2) is 17.5 Å². The lowest BCUT2D eigenvalue weighted by atomic mass is 9.85. The molecular formula is C21H24FN5O2. The molecule has 7 nitrogen and oxygen atoms in total. The number of alkyl halides is 1. The van der Waals surface area contributed by atoms with Crippen LogP contribution in [0.3, 0.4) is 0 Å². The smallest absolute Gasteiger partial charge is 0.228 e. The third-order valence-corrected chi connectivity index (χ3v) is 5.37. The molecule has 1 saturated carbocycles. The van der Waals surface area contributed by atoms with Crippen LogP contribution >= 0.6 is 0 Å². The third-order valence-electron chi connectivity index (χ3n) is 5.37. The molecule has 2 N–H and O–H groups in total. The number of aryl methyl sites for hydroxylation is 1. The number of halogens is 1. The number of amides is 1. The summed E-state index contributed by atoms with van der Waals surface area (Å²) in [6, 6.07) is 7.84. The molecule has 1 aliphatic carbocycles. The van der Waals surface area contributed by atoms with Crippen molar-refractivity contribution in [3.63, 3.8) is 0 Å². The van der Waals surface area contributed by atoms with Crippen molar-refractivity contribution in [3.05, 3.63) is 36.4 Å². The average molecular weight is 397 g/mol. The number of hydrogen-bond donors (Lipinski definition) is 2. The second-order valence-corrected chi connectivity index (χ2v) is 7.43. The summed E-state index contributed by atoms with van der Waals surface area (Å²) in [7, 11) is 0. The molecule has 29 heavy (non-hydrogen) atoms. The van der Waals surface area contributed by atoms with Crippen LogP contribution in [0.1, 0.15) is 31.6 Å². The van der Waals surface area contributed by atoms with Crippen molar-refractivity contribution in [1.29, 1.82) is 0 Å². The van der Waals surface area contributed by atoms with E-state index in [4.69, 9.17) is 4.42 Å². The van der Waals surface area contributed by atoms with Crippen molar-refractivity contribution in [2.45, 2.75) is 38.6 Å². The highest BCUT2D eigenvalue weighted by Gasteiger charge is 2.26. The number of fused-ring (bicyclic) bond motifs is 1. The van der Waals surface area contributed by atoms with Crippen molar-refractivity contribution in [3.8, 4) is 11.3 Å². The molecule has 3 aromatic rings. The summed E-state index contributed by atoms with van der Waals surface area (Å²) in [6.45, 7) is 1.82. The van der Waals surface area contributed by atoms with Crippen molar-refractivity contribution >= 4 is 22.6 Å². The number of nitrogens with zero attached hydrogens (tertiary/aromatic N) is 3. The highest BCUT2D eigenvalue weighted by atomic mass is 19.1. The monoisotopic (exact) mass is 397 g/mol. The van der Waals surface area contributed by atoms with Gasteiger partial charge in [-0.1, -0.05) is 0 Å². The highest BCUT2D eigenvalue weighted by molar-refractivity contribution is 5.94. The van der Waals surface area contributed by atoms with E-state index < -0.39 is 0 Å². The van der Waals surface area contributed by atoms with Gasteiger partial charge in [0.2, 0.25) is 5.91 Å². The normalized spacial score (nSPS) is 19.4. The molecular weight excluding hydrogens is 373 g/mol. The van der Waals surface area contributed by atoms with E-state index in [1.807, 2.05) is 24.3 Å². The van der Waals surface area contributed by atoms with Gasteiger partial charge in [-0.2, -0.15) is 0 Å². The molecule has 2 heterocycles. The van der Waals surface area contributed by atoms with Crippen LogP contribution in [0, 0.1) is 12.8 Å². The molecule has 0 radical (unpaired) electrons. The van der Waals surface area contributed by atoms with Crippen molar-refractivity contribution in [1.82, 2.24) is 20.5 Å². The largest absolute Gasteiger partial charge is 0.441 e. The Morgan fingerprint density at radius 1 is 1.21 bits per heavy atom. The first kappa shape index (κ1) is 19.4. The van der Waals surface area contributed by atoms with Gasteiger partial charge in [0.05, 0.1) is 11.7 Å². The molecule has 0 bridgehead atoms. The second kappa shape index (κ2) is 8.65. The zero-order valence-corrected chi connectivity index (χ0v) is 16.3. The standard InChI is InChI=1S/C21H24FN5O2/c1-13-24-12-19(29-13)15-4-7-18-16(10-15)11-20(27-26-18)25-21(28)14-2-5-17(6-3-14)23-9-8-22/h4,7,10-12,14,17,23H,2-3,5-6,8-9H2,1H3,(H,25,27,28). The predicted octanol–water partition coefficient (Wildman–Crippen LogP) is 3.65. The van der Waals surface area contributed by atoms with Gasteiger partial charge < -0.3 is 15.1 Å². The molecule has 0 spiro atoms. The first-order valence-corrected chi connectivity index (χ1v) is 9.93. The lowest BCUT2D eigenvalue weighted by Gasteiger charge is -2.28. The van der Waals surface area contributed by atoms with E-state index in [1.165, 1.54) is 0 Å². The number of rotatable bonds is 6. The molecule has 2 aromatic heterocycles. The van der Waals surface area contributed by atoms with Crippen LogP contribution in [-0.2, 0) is 4.79 Å². The Morgan fingerprint density at radius 3 is 2.76 bits per heavy atom. The molecule has 0 saturated heterocycles. The SMILES string of the molecule is Cc1ncc(-c2ccc3nnc(NC(=O)C4CCC(NCCF)CC4)cc3c2)o1. The Bertz CT molecular complexity index is 998. The molecule has 1 aromatic carbocycles. The molecule has 152 valence electrons. The van der Waals surface area contributed by atoms with Gasteiger partial charge in [0.25, 0.3) is 0 Å². The van der Waals surface area contributed by atoms with E-state index in [9.17, 15) is 9.18 Å². The molecule has 1 aliphatic rings. The first-order chi connectivity index (χ1) is 14.1. The van der Waals surface area contributed by atoms with E-state index in [-0.39, 0.29) is 18.5 Å². The molecule has 4 rings (SSSR count). The average Bonchev–Trinajstić information content (AvgIpc) is 3.18. The number of carbonyl (C=O) groups is 1. The molecule has 1 fully saturated rings. The lowest BCUT2D eigenvalue weighted by Crippen LogP contribution is -2.37. The van der Waals surface area contributed by atoms with Gasteiger partial charge in [-0.25, -0.2) is 9.37 Å². The number of nitrogens with one attached hydrogen (secondary N) is 2. The minimum absolute atomic E-state index is 0.0374. The predicted molar refractivity (Wildman–Crippen MR) is 108 cm³/mol. The number of oxazole rings is 1. The Kier molecular flexibility index (Phi) is 5.80. The van der Waals surface area contributed by atoms with Crippen LogP contribution in [-0.4, -0.2) is 40.3 Å². The summed E-state index contributed by atoms with van der Waals surface area (Å²) in [5.41, 5.74) is 1.63. The van der Waals surface area contributed by atoms with E-state index in [0.29, 0.717) is 30.1 Å². The topological polar surface area (TPSA) is 92.9 Å². The highest BCUT2D eigenvalue weighted by Crippen LogP contribution is 2.27. The summed E-state index contributed by atoms with van der Waals surface area (Å²) in [6.07, 6.45) is 5.01. The quantitative estimate of drug-likeness (QED) is 0.660. The maximum Gasteiger partial charge on any atom is 0.228 e. The summed E-state index contributed by atoms with van der Waals surface area (Å²) < 4.78 is 17.9. The maximum atomic E-state index is 12.6. The fourth-order valence-electron chi connectivity index (χ4n) is 3.80. The van der Waals surface area contributed by atoms with Crippen molar-refractivity contribution < 1.29 is 13.6 Å².